The van der Waals surface area contributed by atoms with Gasteiger partial charge in [-0.25, -0.2) is 4.57 Å². The summed E-state index contributed by atoms with van der Waals surface area (Å²) in [5, 5.41) is 11.7. The Labute approximate surface area is 213 Å². The van der Waals surface area contributed by atoms with Crippen LogP contribution in [0.5, 0.6) is 0 Å². The number of halogens is 2. The lowest BCUT2D eigenvalue weighted by Crippen LogP contribution is -2.52. The molecule has 0 radical (unpaired) electrons. The average molecular weight is 544 g/mol. The molecule has 1 saturated heterocycles. The number of amides is 1. The fourth-order valence-corrected chi connectivity index (χ4v) is 5.91. The quantitative estimate of drug-likeness (QED) is 0.408. The molecule has 176 valence electrons. The Morgan fingerprint density at radius 3 is 2.56 bits per heavy atom. The number of piperazine rings is 1. The highest BCUT2D eigenvalue weighted by Crippen LogP contribution is 2.39. The second-order valence-electron chi connectivity index (χ2n) is 9.09. The molecule has 1 atom stereocenters. The van der Waals surface area contributed by atoms with Crippen LogP contribution in [0.25, 0.3) is 0 Å². The molecule has 1 amide bonds. The summed E-state index contributed by atoms with van der Waals surface area (Å²) in [5.74, 6) is 0.148. The molecular formula is C26H28BrClN4O2+2. The van der Waals surface area contributed by atoms with E-state index in [-0.39, 0.29) is 11.9 Å². The molecule has 0 saturated carbocycles. The molecule has 0 bridgehead atoms. The first-order valence-corrected chi connectivity index (χ1v) is 12.7. The van der Waals surface area contributed by atoms with Crippen LogP contribution in [-0.4, -0.2) is 47.1 Å². The maximum Gasteiger partial charge on any atom is 0.258 e. The second kappa shape index (κ2) is 9.64. The smallest absolute Gasteiger partial charge is 0.258 e. The van der Waals surface area contributed by atoms with Crippen LogP contribution < -0.4 is 9.30 Å². The van der Waals surface area contributed by atoms with Crippen LogP contribution in [0, 0.1) is 0 Å². The Bertz CT molecular complexity index is 1230. The van der Waals surface area contributed by atoms with E-state index in [0.29, 0.717) is 37.6 Å². The van der Waals surface area contributed by atoms with Gasteiger partial charge in [0.05, 0.1) is 10.9 Å². The van der Waals surface area contributed by atoms with Crippen LogP contribution in [0.3, 0.4) is 0 Å². The van der Waals surface area contributed by atoms with Crippen molar-refractivity contribution in [2.75, 3.05) is 26.2 Å². The van der Waals surface area contributed by atoms with Crippen LogP contribution >= 0.6 is 27.5 Å². The second-order valence-corrected chi connectivity index (χ2v) is 10.4. The molecule has 5 rings (SSSR count). The van der Waals surface area contributed by atoms with Crippen LogP contribution in [0.4, 0.5) is 0 Å². The standard InChI is InChI=1S/C26H28BrClN4O2/c1-29-9-7-18(8-10-29)15-23(33)30-11-13-31(14-12-30)26-24-19(3-2-4-22(24)28)5-6-20-16-21(27)17-32(34)25(20)26/h2-4,7-10,16-17,26,34H,5-6,11-15H2,1H3/q+2. The highest BCUT2D eigenvalue weighted by molar-refractivity contribution is 9.10. The van der Waals surface area contributed by atoms with Gasteiger partial charge in [0, 0.05) is 59.2 Å². The number of carbonyl (C=O) groups excluding carboxylic acids is 1. The van der Waals surface area contributed by atoms with Gasteiger partial charge >= 0.3 is 0 Å². The molecule has 1 unspecified atom stereocenters. The summed E-state index contributed by atoms with van der Waals surface area (Å²) in [5.41, 5.74) is 5.25. The van der Waals surface area contributed by atoms with Gasteiger partial charge < -0.3 is 4.90 Å². The highest BCUT2D eigenvalue weighted by atomic mass is 79.9. The van der Waals surface area contributed by atoms with E-state index in [0.717, 1.165) is 39.7 Å². The summed E-state index contributed by atoms with van der Waals surface area (Å²) in [6.45, 7) is 2.71. The Morgan fingerprint density at radius 1 is 1.12 bits per heavy atom. The summed E-state index contributed by atoms with van der Waals surface area (Å²) in [6.07, 6.45) is 7.72. The molecule has 8 heteroatoms. The molecule has 1 aromatic carbocycles. The number of carbonyl (C=O) groups is 1. The van der Waals surface area contributed by atoms with Gasteiger partial charge in [-0.15, -0.1) is 0 Å². The number of benzene rings is 1. The van der Waals surface area contributed by atoms with Crippen molar-refractivity contribution < 1.29 is 19.3 Å². The highest BCUT2D eigenvalue weighted by Gasteiger charge is 2.40. The first-order valence-electron chi connectivity index (χ1n) is 11.6. The van der Waals surface area contributed by atoms with Gasteiger partial charge in [-0.05, 0) is 52.0 Å². The fraction of sp³-hybridized carbons (Fsp3) is 0.346. The summed E-state index contributed by atoms with van der Waals surface area (Å²) in [4.78, 5) is 17.3. The van der Waals surface area contributed by atoms with Crippen molar-refractivity contribution in [1.82, 2.24) is 9.80 Å². The molecule has 1 aliphatic heterocycles. The number of aromatic nitrogens is 2. The Hall–Kier alpha value is -2.48. The monoisotopic (exact) mass is 542 g/mol. The summed E-state index contributed by atoms with van der Waals surface area (Å²) < 4.78 is 4.05. The summed E-state index contributed by atoms with van der Waals surface area (Å²) >= 11 is 10.3. The van der Waals surface area contributed by atoms with Gasteiger partial charge in [0.1, 0.15) is 13.1 Å². The Morgan fingerprint density at radius 2 is 1.82 bits per heavy atom. The SMILES string of the molecule is C[n+]1ccc(CC(=O)N2CCN(C3c4c(Cl)cccc4CCc4cc(Br)c[n+](O)c43)CC2)cc1. The molecule has 2 aliphatic rings. The van der Waals surface area contributed by atoms with E-state index >= 15 is 0 Å². The van der Waals surface area contributed by atoms with Crippen molar-refractivity contribution in [3.63, 3.8) is 0 Å². The summed E-state index contributed by atoms with van der Waals surface area (Å²) in [6, 6.07) is 12.0. The number of aryl methyl sites for hydroxylation is 3. The predicted octanol–water partition coefficient (Wildman–Crippen LogP) is 3.03. The van der Waals surface area contributed by atoms with Crippen LogP contribution in [0.15, 0.2) is 59.5 Å². The summed E-state index contributed by atoms with van der Waals surface area (Å²) in [7, 11) is 1.97. The molecule has 1 aliphatic carbocycles. The molecule has 1 fully saturated rings. The zero-order chi connectivity index (χ0) is 23.8. The van der Waals surface area contributed by atoms with Crippen LogP contribution in [-0.2, 0) is 31.1 Å². The minimum Gasteiger partial charge on any atom is -0.340 e. The number of rotatable bonds is 3. The molecule has 34 heavy (non-hydrogen) atoms. The predicted molar refractivity (Wildman–Crippen MR) is 132 cm³/mol. The molecule has 3 aromatic rings. The zero-order valence-corrected chi connectivity index (χ0v) is 21.5. The van der Waals surface area contributed by atoms with Crippen molar-refractivity contribution >= 4 is 33.4 Å². The van der Waals surface area contributed by atoms with Crippen LogP contribution in [0.1, 0.15) is 34.0 Å². The van der Waals surface area contributed by atoms with E-state index < -0.39 is 0 Å². The van der Waals surface area contributed by atoms with Crippen molar-refractivity contribution in [2.24, 2.45) is 7.05 Å². The van der Waals surface area contributed by atoms with Crippen molar-refractivity contribution in [2.45, 2.75) is 25.3 Å². The number of fused-ring (bicyclic) bond motifs is 2. The Balaban J connectivity index is 1.41. The van der Waals surface area contributed by atoms with E-state index in [2.05, 4.69) is 33.0 Å². The molecule has 2 aromatic heterocycles. The number of pyridine rings is 2. The lowest BCUT2D eigenvalue weighted by Gasteiger charge is -2.38. The van der Waals surface area contributed by atoms with E-state index in [4.69, 9.17) is 11.6 Å². The molecule has 1 N–H and O–H groups in total. The maximum absolute atomic E-state index is 13.0. The van der Waals surface area contributed by atoms with Gasteiger partial charge in [0.2, 0.25) is 12.1 Å². The van der Waals surface area contributed by atoms with E-state index in [1.54, 1.807) is 6.20 Å². The number of hydrogen-bond donors (Lipinski definition) is 1. The van der Waals surface area contributed by atoms with Gasteiger partial charge in [-0.1, -0.05) is 23.7 Å². The molecular weight excluding hydrogens is 516 g/mol. The maximum atomic E-state index is 13.0. The number of hydrogen-bond acceptors (Lipinski definition) is 3. The van der Waals surface area contributed by atoms with E-state index in [1.807, 2.05) is 53.2 Å². The fourth-order valence-electron chi connectivity index (χ4n) is 5.15. The van der Waals surface area contributed by atoms with Crippen molar-refractivity contribution in [1.29, 1.82) is 0 Å². The number of nitrogens with zero attached hydrogens (tertiary/aromatic N) is 4. The third-order valence-electron chi connectivity index (χ3n) is 6.91. The van der Waals surface area contributed by atoms with Gasteiger partial charge in [-0.2, -0.15) is 0 Å². The Kier molecular flexibility index (Phi) is 6.60. The third kappa shape index (κ3) is 4.57. The normalized spacial score (nSPS) is 18.2. The minimum atomic E-state index is -0.175. The van der Waals surface area contributed by atoms with E-state index in [1.165, 1.54) is 10.3 Å². The third-order valence-corrected chi connectivity index (χ3v) is 7.67. The van der Waals surface area contributed by atoms with Crippen molar-refractivity contribution in [3.05, 3.63) is 92.4 Å². The minimum absolute atomic E-state index is 0.148. The lowest BCUT2D eigenvalue weighted by atomic mass is 9.96. The average Bonchev–Trinajstić information content (AvgIpc) is 2.99. The lowest BCUT2D eigenvalue weighted by molar-refractivity contribution is -0.911. The molecule has 6 nitrogen and oxygen atoms in total. The van der Waals surface area contributed by atoms with E-state index in [9.17, 15) is 10.0 Å². The molecule has 3 heterocycles. The first-order chi connectivity index (χ1) is 16.4. The zero-order valence-electron chi connectivity index (χ0n) is 19.1. The first kappa shape index (κ1) is 23.3. The van der Waals surface area contributed by atoms with Gasteiger partial charge in [0.25, 0.3) is 5.69 Å². The van der Waals surface area contributed by atoms with Gasteiger partial charge in [0.15, 0.2) is 12.4 Å². The van der Waals surface area contributed by atoms with Gasteiger partial charge in [-0.3, -0.25) is 14.9 Å². The topological polar surface area (TPSA) is 51.5 Å². The molecule has 0 spiro atoms. The van der Waals surface area contributed by atoms with Crippen LogP contribution in [0.2, 0.25) is 5.02 Å². The largest absolute Gasteiger partial charge is 0.340 e. The van der Waals surface area contributed by atoms with Crippen molar-refractivity contribution in [3.8, 4) is 0 Å².